The number of guanidine groups is 1. The molecule has 2 aromatic rings. The van der Waals surface area contributed by atoms with Gasteiger partial charge in [0.25, 0.3) is 0 Å². The van der Waals surface area contributed by atoms with Crippen molar-refractivity contribution in [3.63, 3.8) is 0 Å². The van der Waals surface area contributed by atoms with E-state index in [-0.39, 0.29) is 24.0 Å². The lowest BCUT2D eigenvalue weighted by atomic mass is 10.2. The molecule has 158 valence electrons. The van der Waals surface area contributed by atoms with Gasteiger partial charge in [0.1, 0.15) is 11.6 Å². The molecular formula is C20H30IN7O. The van der Waals surface area contributed by atoms with Gasteiger partial charge in [-0.1, -0.05) is 6.07 Å². The van der Waals surface area contributed by atoms with Crippen LogP contribution in [0.25, 0.3) is 5.82 Å². The Labute approximate surface area is 189 Å². The lowest BCUT2D eigenvalue weighted by Crippen LogP contribution is -2.46. The lowest BCUT2D eigenvalue weighted by molar-refractivity contribution is 0.0195. The summed E-state index contributed by atoms with van der Waals surface area (Å²) in [5.74, 6) is 2.78. The minimum atomic E-state index is 0. The van der Waals surface area contributed by atoms with Crippen LogP contribution in [0, 0.1) is 6.92 Å². The molecular weight excluding hydrogens is 481 g/mol. The van der Waals surface area contributed by atoms with E-state index in [9.17, 15) is 0 Å². The van der Waals surface area contributed by atoms with Crippen molar-refractivity contribution < 1.29 is 4.74 Å². The molecule has 2 fully saturated rings. The second kappa shape index (κ2) is 10.4. The Morgan fingerprint density at radius 2 is 2.07 bits per heavy atom. The zero-order valence-electron chi connectivity index (χ0n) is 17.1. The van der Waals surface area contributed by atoms with Crippen LogP contribution in [0.2, 0.25) is 0 Å². The molecule has 29 heavy (non-hydrogen) atoms. The van der Waals surface area contributed by atoms with Crippen LogP contribution >= 0.6 is 24.0 Å². The standard InChI is InChI=1S/C20H29N7O.HI/c1-16-22-6-8-27(16)19-4-3-17(13-23-19)14-24-20(21-2)26-7-5-18(15-26)25-9-11-28-12-10-25;/h3-4,6,8,13,18H,5,7,9-12,14-15H2,1-2H3,(H,21,24);1H. The third-order valence-corrected chi connectivity index (χ3v) is 5.57. The van der Waals surface area contributed by atoms with Gasteiger partial charge in [-0.2, -0.15) is 0 Å². The van der Waals surface area contributed by atoms with Gasteiger partial charge in [0.15, 0.2) is 5.96 Å². The predicted molar refractivity (Wildman–Crippen MR) is 124 cm³/mol. The maximum absolute atomic E-state index is 5.48. The van der Waals surface area contributed by atoms with E-state index in [4.69, 9.17) is 4.74 Å². The third-order valence-electron chi connectivity index (χ3n) is 5.57. The molecule has 0 saturated carbocycles. The molecule has 1 unspecified atom stereocenters. The van der Waals surface area contributed by atoms with Crippen LogP contribution in [-0.4, -0.2) is 82.8 Å². The van der Waals surface area contributed by atoms with Crippen LogP contribution < -0.4 is 5.32 Å². The first-order valence-corrected chi connectivity index (χ1v) is 9.97. The minimum Gasteiger partial charge on any atom is -0.379 e. The highest BCUT2D eigenvalue weighted by atomic mass is 127. The molecule has 2 aliphatic heterocycles. The van der Waals surface area contributed by atoms with E-state index in [1.807, 2.05) is 37.0 Å². The van der Waals surface area contributed by atoms with Gasteiger partial charge in [0, 0.05) is 64.4 Å². The number of hydrogen-bond acceptors (Lipinski definition) is 5. The summed E-state index contributed by atoms with van der Waals surface area (Å²) in [5.41, 5.74) is 1.13. The fourth-order valence-corrected chi connectivity index (χ4v) is 3.97. The van der Waals surface area contributed by atoms with Crippen molar-refractivity contribution in [1.82, 2.24) is 29.7 Å². The van der Waals surface area contributed by atoms with Gasteiger partial charge in [0.05, 0.1) is 13.2 Å². The van der Waals surface area contributed by atoms with Gasteiger partial charge in [-0.05, 0) is 25.0 Å². The summed E-state index contributed by atoms with van der Waals surface area (Å²) in [5, 5.41) is 3.49. The molecule has 0 bridgehead atoms. The number of ether oxygens (including phenoxy) is 1. The molecule has 1 N–H and O–H groups in total. The number of likely N-dealkylation sites (tertiary alicyclic amines) is 1. The minimum absolute atomic E-state index is 0. The number of morpholine rings is 1. The second-order valence-corrected chi connectivity index (χ2v) is 7.31. The normalized spacial score (nSPS) is 20.6. The first kappa shape index (κ1) is 22.0. The number of pyridine rings is 1. The van der Waals surface area contributed by atoms with E-state index in [2.05, 4.69) is 36.1 Å². The van der Waals surface area contributed by atoms with Gasteiger partial charge in [0.2, 0.25) is 0 Å². The smallest absolute Gasteiger partial charge is 0.193 e. The number of halogens is 1. The Morgan fingerprint density at radius 1 is 1.24 bits per heavy atom. The number of aliphatic imine (C=N–C) groups is 1. The monoisotopic (exact) mass is 511 g/mol. The van der Waals surface area contributed by atoms with Crippen molar-refractivity contribution in [2.24, 2.45) is 4.99 Å². The van der Waals surface area contributed by atoms with Crippen LogP contribution in [0.15, 0.2) is 35.7 Å². The topological polar surface area (TPSA) is 70.8 Å². The average Bonchev–Trinajstić information content (AvgIpc) is 3.39. The highest BCUT2D eigenvalue weighted by molar-refractivity contribution is 14.0. The van der Waals surface area contributed by atoms with Crippen LogP contribution in [0.4, 0.5) is 0 Å². The molecule has 2 aromatic heterocycles. The van der Waals surface area contributed by atoms with Gasteiger partial charge >= 0.3 is 0 Å². The molecule has 4 heterocycles. The van der Waals surface area contributed by atoms with Gasteiger partial charge in [-0.3, -0.25) is 14.5 Å². The molecule has 8 nitrogen and oxygen atoms in total. The summed E-state index contributed by atoms with van der Waals surface area (Å²) in [6, 6.07) is 4.73. The molecule has 1 atom stereocenters. The molecule has 0 aliphatic carbocycles. The van der Waals surface area contributed by atoms with Crippen LogP contribution in [0.5, 0.6) is 0 Å². The van der Waals surface area contributed by atoms with E-state index in [0.29, 0.717) is 12.6 Å². The van der Waals surface area contributed by atoms with E-state index < -0.39 is 0 Å². The molecule has 0 radical (unpaired) electrons. The third kappa shape index (κ3) is 5.26. The number of nitrogens with one attached hydrogen (secondary N) is 1. The maximum atomic E-state index is 5.48. The zero-order valence-corrected chi connectivity index (χ0v) is 19.5. The summed E-state index contributed by atoms with van der Waals surface area (Å²) in [4.78, 5) is 18.2. The van der Waals surface area contributed by atoms with Crippen LogP contribution in [-0.2, 0) is 11.3 Å². The quantitative estimate of drug-likeness (QED) is 0.383. The van der Waals surface area contributed by atoms with Crippen molar-refractivity contribution in [1.29, 1.82) is 0 Å². The van der Waals surface area contributed by atoms with E-state index in [0.717, 1.165) is 62.6 Å². The Bertz CT molecular complexity index is 801. The average molecular weight is 511 g/mol. The summed E-state index contributed by atoms with van der Waals surface area (Å²) in [6.45, 7) is 8.53. The number of hydrogen-bond donors (Lipinski definition) is 1. The molecule has 9 heteroatoms. The number of imidazole rings is 1. The van der Waals surface area contributed by atoms with Gasteiger partial charge in [-0.25, -0.2) is 9.97 Å². The Hall–Kier alpha value is -1.72. The molecule has 2 aliphatic rings. The highest BCUT2D eigenvalue weighted by Crippen LogP contribution is 2.17. The van der Waals surface area contributed by atoms with Crippen molar-refractivity contribution in [3.05, 3.63) is 42.1 Å². The van der Waals surface area contributed by atoms with E-state index in [1.165, 1.54) is 6.42 Å². The van der Waals surface area contributed by atoms with Crippen molar-refractivity contribution in [3.8, 4) is 5.82 Å². The fourth-order valence-electron chi connectivity index (χ4n) is 3.97. The Kier molecular flexibility index (Phi) is 7.84. The molecule has 0 aromatic carbocycles. The van der Waals surface area contributed by atoms with E-state index >= 15 is 0 Å². The number of aromatic nitrogens is 3. The Balaban J connectivity index is 0.00000240. The molecule has 0 amide bonds. The fraction of sp³-hybridized carbons (Fsp3) is 0.550. The van der Waals surface area contributed by atoms with E-state index in [1.54, 1.807) is 6.20 Å². The summed E-state index contributed by atoms with van der Waals surface area (Å²) in [6.07, 6.45) is 6.81. The lowest BCUT2D eigenvalue weighted by Gasteiger charge is -2.32. The largest absolute Gasteiger partial charge is 0.379 e. The first-order valence-electron chi connectivity index (χ1n) is 9.97. The van der Waals surface area contributed by atoms with Crippen molar-refractivity contribution in [2.75, 3.05) is 46.4 Å². The highest BCUT2D eigenvalue weighted by Gasteiger charge is 2.30. The molecule has 4 rings (SSSR count). The summed E-state index contributed by atoms with van der Waals surface area (Å²) >= 11 is 0. The summed E-state index contributed by atoms with van der Waals surface area (Å²) in [7, 11) is 1.85. The Morgan fingerprint density at radius 3 is 2.72 bits per heavy atom. The number of rotatable bonds is 4. The maximum Gasteiger partial charge on any atom is 0.193 e. The van der Waals surface area contributed by atoms with Crippen molar-refractivity contribution >= 4 is 29.9 Å². The molecule has 0 spiro atoms. The van der Waals surface area contributed by atoms with Gasteiger partial charge < -0.3 is 15.0 Å². The second-order valence-electron chi connectivity index (χ2n) is 7.31. The zero-order chi connectivity index (χ0) is 19.3. The predicted octanol–water partition coefficient (Wildman–Crippen LogP) is 1.68. The summed E-state index contributed by atoms with van der Waals surface area (Å²) < 4.78 is 7.46. The SMILES string of the molecule is CN=C(NCc1ccc(-n2ccnc2C)nc1)N1CCC(N2CCOCC2)C1.I. The van der Waals surface area contributed by atoms with Gasteiger partial charge in [-0.15, -0.1) is 24.0 Å². The number of aryl methyl sites for hydroxylation is 1. The number of nitrogens with zero attached hydrogens (tertiary/aromatic N) is 6. The van der Waals surface area contributed by atoms with Crippen LogP contribution in [0.3, 0.4) is 0 Å². The molecule has 2 saturated heterocycles. The first-order chi connectivity index (χ1) is 13.7. The van der Waals surface area contributed by atoms with Crippen LogP contribution in [0.1, 0.15) is 17.8 Å². The van der Waals surface area contributed by atoms with Crippen molar-refractivity contribution in [2.45, 2.75) is 25.9 Å².